The van der Waals surface area contributed by atoms with Crippen molar-refractivity contribution in [2.75, 3.05) is 5.88 Å². The fourth-order valence-corrected chi connectivity index (χ4v) is 2.41. The van der Waals surface area contributed by atoms with Crippen LogP contribution < -0.4 is 0 Å². The molecule has 0 saturated heterocycles. The van der Waals surface area contributed by atoms with E-state index in [1.165, 1.54) is 19.3 Å². The van der Waals surface area contributed by atoms with Crippen LogP contribution in [0.4, 0.5) is 0 Å². The highest BCUT2D eigenvalue weighted by atomic mass is 127. The zero-order valence-corrected chi connectivity index (χ0v) is 11.0. The van der Waals surface area contributed by atoms with Crippen LogP contribution in [0.2, 0.25) is 0 Å². The van der Waals surface area contributed by atoms with E-state index in [4.69, 9.17) is 11.6 Å². The van der Waals surface area contributed by atoms with E-state index in [0.29, 0.717) is 0 Å². The summed E-state index contributed by atoms with van der Waals surface area (Å²) < 4.78 is 24.1. The monoisotopic (exact) mass is 346 g/mol. The summed E-state index contributed by atoms with van der Waals surface area (Å²) in [5, 5.41) is -0.824. The SMILES string of the molecule is CC(CCl)S(=O)(=O)c1ncc(I)cn1. The number of rotatable bonds is 3. The van der Waals surface area contributed by atoms with Crippen molar-refractivity contribution in [3.63, 3.8) is 0 Å². The molecule has 0 fully saturated rings. The maximum atomic E-state index is 11.7. The summed E-state index contributed by atoms with van der Waals surface area (Å²) in [6.07, 6.45) is 2.92. The summed E-state index contributed by atoms with van der Waals surface area (Å²) in [6, 6.07) is 0. The molecule has 4 nitrogen and oxygen atoms in total. The third-order valence-corrected chi connectivity index (χ3v) is 4.75. The lowest BCUT2D eigenvalue weighted by atomic mass is 10.6. The van der Waals surface area contributed by atoms with Gasteiger partial charge in [-0.3, -0.25) is 0 Å². The number of halogens is 2. The van der Waals surface area contributed by atoms with E-state index in [0.717, 1.165) is 3.57 Å². The molecule has 1 aromatic heterocycles. The van der Waals surface area contributed by atoms with Crippen molar-refractivity contribution in [2.24, 2.45) is 0 Å². The summed E-state index contributed by atoms with van der Waals surface area (Å²) in [5.41, 5.74) is 0. The first-order valence-corrected chi connectivity index (χ1v) is 6.92. The molecule has 0 bridgehead atoms. The molecule has 0 radical (unpaired) electrons. The zero-order chi connectivity index (χ0) is 10.8. The first-order valence-electron chi connectivity index (χ1n) is 3.76. The number of sulfone groups is 1. The lowest BCUT2D eigenvalue weighted by molar-refractivity contribution is 0.578. The molecule has 1 unspecified atom stereocenters. The van der Waals surface area contributed by atoms with E-state index in [1.54, 1.807) is 0 Å². The number of alkyl halides is 1. The summed E-state index contributed by atoms with van der Waals surface area (Å²) in [4.78, 5) is 7.51. The molecule has 14 heavy (non-hydrogen) atoms. The topological polar surface area (TPSA) is 59.9 Å². The minimum atomic E-state index is -3.46. The normalized spacial score (nSPS) is 13.9. The van der Waals surface area contributed by atoms with E-state index in [2.05, 4.69) is 9.97 Å². The molecule has 0 aliphatic heterocycles. The van der Waals surface area contributed by atoms with E-state index in [-0.39, 0.29) is 11.0 Å². The average Bonchev–Trinajstić information content (AvgIpc) is 2.17. The van der Waals surface area contributed by atoms with Crippen molar-refractivity contribution in [1.29, 1.82) is 0 Å². The van der Waals surface area contributed by atoms with Gasteiger partial charge in [-0.15, -0.1) is 11.6 Å². The van der Waals surface area contributed by atoms with Gasteiger partial charge >= 0.3 is 0 Å². The Hall–Kier alpha value is 0.0500. The van der Waals surface area contributed by atoms with Crippen molar-refractivity contribution >= 4 is 44.0 Å². The number of hydrogen-bond donors (Lipinski definition) is 0. The van der Waals surface area contributed by atoms with Gasteiger partial charge in [-0.05, 0) is 29.5 Å². The Bertz CT molecular complexity index is 406. The van der Waals surface area contributed by atoms with Crippen LogP contribution in [0.25, 0.3) is 0 Å². The van der Waals surface area contributed by atoms with Crippen LogP contribution in [0.1, 0.15) is 6.92 Å². The number of nitrogens with zero attached hydrogens (tertiary/aromatic N) is 2. The highest BCUT2D eigenvalue weighted by molar-refractivity contribution is 14.1. The van der Waals surface area contributed by atoms with Crippen LogP contribution in [0.3, 0.4) is 0 Å². The largest absolute Gasteiger partial charge is 0.247 e. The quantitative estimate of drug-likeness (QED) is 0.472. The smallest absolute Gasteiger partial charge is 0.226 e. The molecule has 0 aromatic carbocycles. The Morgan fingerprint density at radius 3 is 2.43 bits per heavy atom. The zero-order valence-electron chi connectivity index (χ0n) is 7.31. The summed E-state index contributed by atoms with van der Waals surface area (Å²) >= 11 is 7.49. The average molecular weight is 347 g/mol. The van der Waals surface area contributed by atoms with Crippen LogP contribution in [0, 0.1) is 3.57 Å². The van der Waals surface area contributed by atoms with E-state index in [9.17, 15) is 8.42 Å². The van der Waals surface area contributed by atoms with Gasteiger partial charge in [0.25, 0.3) is 0 Å². The van der Waals surface area contributed by atoms with Gasteiger partial charge in [0.05, 0.1) is 5.25 Å². The Morgan fingerprint density at radius 1 is 1.50 bits per heavy atom. The summed E-state index contributed by atoms with van der Waals surface area (Å²) in [7, 11) is -3.46. The molecule has 1 heterocycles. The molecule has 0 saturated carbocycles. The first kappa shape index (κ1) is 12.1. The van der Waals surface area contributed by atoms with E-state index in [1.807, 2.05) is 22.6 Å². The van der Waals surface area contributed by atoms with Gasteiger partial charge in [-0.2, -0.15) is 0 Å². The van der Waals surface area contributed by atoms with Crippen LogP contribution in [0.15, 0.2) is 17.6 Å². The maximum Gasteiger partial charge on any atom is 0.247 e. The van der Waals surface area contributed by atoms with Crippen molar-refractivity contribution in [1.82, 2.24) is 9.97 Å². The minimum Gasteiger partial charge on any atom is -0.226 e. The van der Waals surface area contributed by atoms with Gasteiger partial charge in [0.15, 0.2) is 0 Å². The van der Waals surface area contributed by atoms with Crippen LogP contribution in [-0.2, 0) is 9.84 Å². The third-order valence-electron chi connectivity index (χ3n) is 1.60. The summed E-state index contributed by atoms with van der Waals surface area (Å²) in [6.45, 7) is 1.53. The Morgan fingerprint density at radius 2 is 2.00 bits per heavy atom. The van der Waals surface area contributed by atoms with Gasteiger partial charge < -0.3 is 0 Å². The molecular weight excluding hydrogens is 339 g/mol. The van der Waals surface area contributed by atoms with Gasteiger partial charge in [0.1, 0.15) is 0 Å². The molecular formula is C7H8ClIN2O2S. The molecule has 1 rings (SSSR count). The second-order valence-corrected chi connectivity index (χ2v) is 6.51. The predicted octanol–water partition coefficient (Wildman–Crippen LogP) is 1.48. The Labute approximate surface area is 101 Å². The second kappa shape index (κ2) is 4.71. The highest BCUT2D eigenvalue weighted by Crippen LogP contribution is 2.12. The standard InChI is InChI=1S/C7H8ClIN2O2S/c1-5(2-8)14(12,13)7-10-3-6(9)4-11-7/h3-5H,2H2,1H3. The van der Waals surface area contributed by atoms with Gasteiger partial charge in [-0.25, -0.2) is 18.4 Å². The lowest BCUT2D eigenvalue weighted by Crippen LogP contribution is -2.21. The lowest BCUT2D eigenvalue weighted by Gasteiger charge is -2.07. The van der Waals surface area contributed by atoms with Gasteiger partial charge in [0, 0.05) is 21.8 Å². The molecule has 1 atom stereocenters. The molecule has 0 aliphatic rings. The highest BCUT2D eigenvalue weighted by Gasteiger charge is 2.25. The molecule has 0 amide bonds. The maximum absolute atomic E-state index is 11.7. The van der Waals surface area contributed by atoms with Crippen molar-refractivity contribution in [2.45, 2.75) is 17.3 Å². The number of aromatic nitrogens is 2. The molecule has 0 spiro atoms. The second-order valence-electron chi connectivity index (χ2n) is 2.69. The van der Waals surface area contributed by atoms with Crippen molar-refractivity contribution in [3.05, 3.63) is 16.0 Å². The number of hydrogen-bond acceptors (Lipinski definition) is 4. The van der Waals surface area contributed by atoms with Crippen molar-refractivity contribution < 1.29 is 8.42 Å². The van der Waals surface area contributed by atoms with Gasteiger partial charge in [0.2, 0.25) is 15.0 Å². The van der Waals surface area contributed by atoms with Crippen LogP contribution in [0.5, 0.6) is 0 Å². The first-order chi connectivity index (χ1) is 6.48. The third kappa shape index (κ3) is 2.54. The minimum absolute atomic E-state index is 0.0394. The summed E-state index contributed by atoms with van der Waals surface area (Å²) in [5.74, 6) is 0.0394. The van der Waals surface area contributed by atoms with Crippen LogP contribution >= 0.6 is 34.2 Å². The molecule has 0 N–H and O–H groups in total. The van der Waals surface area contributed by atoms with E-state index < -0.39 is 15.1 Å². The predicted molar refractivity (Wildman–Crippen MR) is 62.1 cm³/mol. The molecule has 78 valence electrons. The molecule has 1 aromatic rings. The fourth-order valence-electron chi connectivity index (χ4n) is 0.710. The van der Waals surface area contributed by atoms with E-state index >= 15 is 0 Å². The molecule has 7 heteroatoms. The van der Waals surface area contributed by atoms with Crippen LogP contribution in [-0.4, -0.2) is 29.5 Å². The Kier molecular flexibility index (Phi) is 4.08. The molecule has 0 aliphatic carbocycles. The van der Waals surface area contributed by atoms with Gasteiger partial charge in [-0.1, -0.05) is 0 Å². The van der Waals surface area contributed by atoms with Crippen molar-refractivity contribution in [3.8, 4) is 0 Å². The Balaban J connectivity index is 3.11. The fraction of sp³-hybridized carbons (Fsp3) is 0.429.